The first-order valence-electron chi connectivity index (χ1n) is 7.18. The van der Waals surface area contributed by atoms with Gasteiger partial charge in [0.1, 0.15) is 0 Å². The molecule has 2 aromatic rings. The summed E-state index contributed by atoms with van der Waals surface area (Å²) in [7, 11) is 2.05. The van der Waals surface area contributed by atoms with E-state index in [2.05, 4.69) is 44.3 Å². The molecule has 1 unspecified atom stereocenters. The maximum Gasteiger partial charge on any atom is 0.225 e. The molecule has 3 heterocycles. The Balaban J connectivity index is 1.76. The number of aromatic nitrogens is 2. The van der Waals surface area contributed by atoms with Crippen LogP contribution in [0.4, 0.5) is 5.95 Å². The number of hydrogen-bond donors (Lipinski definition) is 0. The molecule has 1 aliphatic rings. The molecular formula is C15H20N4OS. The summed E-state index contributed by atoms with van der Waals surface area (Å²) >= 11 is 1.81. The molecule has 0 aromatic carbocycles. The number of morpholine rings is 1. The molecule has 0 aliphatic carbocycles. The van der Waals surface area contributed by atoms with E-state index in [1.165, 1.54) is 4.88 Å². The van der Waals surface area contributed by atoms with E-state index in [0.717, 1.165) is 38.8 Å². The second kappa shape index (κ2) is 6.98. The first kappa shape index (κ1) is 14.4. The van der Waals surface area contributed by atoms with Crippen molar-refractivity contribution in [2.45, 2.75) is 6.04 Å². The highest BCUT2D eigenvalue weighted by molar-refractivity contribution is 7.10. The maximum atomic E-state index is 5.48. The minimum atomic E-state index is 0.364. The van der Waals surface area contributed by atoms with Gasteiger partial charge in [0.25, 0.3) is 0 Å². The fourth-order valence-corrected chi connectivity index (χ4v) is 3.44. The van der Waals surface area contributed by atoms with E-state index in [1.807, 2.05) is 17.4 Å². The molecule has 0 saturated carbocycles. The van der Waals surface area contributed by atoms with Crippen molar-refractivity contribution in [2.24, 2.45) is 0 Å². The Morgan fingerprint density at radius 2 is 2.05 bits per heavy atom. The first-order valence-corrected chi connectivity index (χ1v) is 8.06. The topological polar surface area (TPSA) is 41.5 Å². The molecule has 0 radical (unpaired) electrons. The molecule has 0 bridgehead atoms. The fourth-order valence-electron chi connectivity index (χ4n) is 2.58. The molecule has 0 amide bonds. The van der Waals surface area contributed by atoms with Gasteiger partial charge in [-0.3, -0.25) is 4.90 Å². The summed E-state index contributed by atoms with van der Waals surface area (Å²) in [5.41, 5.74) is 0. The highest BCUT2D eigenvalue weighted by atomic mass is 32.1. The summed E-state index contributed by atoms with van der Waals surface area (Å²) in [5, 5.41) is 2.14. The molecule has 6 heteroatoms. The predicted molar refractivity (Wildman–Crippen MR) is 84.8 cm³/mol. The number of nitrogens with zero attached hydrogens (tertiary/aromatic N) is 4. The van der Waals surface area contributed by atoms with Crippen LogP contribution in [0.15, 0.2) is 36.0 Å². The van der Waals surface area contributed by atoms with Gasteiger partial charge in [-0.25, -0.2) is 9.97 Å². The SMILES string of the molecule is CN(CC(c1cccs1)N1CCOCC1)c1ncccn1. The Bertz CT molecular complexity index is 528. The number of anilines is 1. The summed E-state index contributed by atoms with van der Waals surface area (Å²) in [4.78, 5) is 14.7. The zero-order valence-corrected chi connectivity index (χ0v) is 13.0. The lowest BCUT2D eigenvalue weighted by Gasteiger charge is -2.36. The summed E-state index contributed by atoms with van der Waals surface area (Å²) in [6, 6.07) is 6.54. The van der Waals surface area contributed by atoms with E-state index in [4.69, 9.17) is 4.74 Å². The van der Waals surface area contributed by atoms with Crippen molar-refractivity contribution in [3.63, 3.8) is 0 Å². The molecule has 21 heavy (non-hydrogen) atoms. The van der Waals surface area contributed by atoms with E-state index >= 15 is 0 Å². The van der Waals surface area contributed by atoms with Gasteiger partial charge in [-0.2, -0.15) is 0 Å². The van der Waals surface area contributed by atoms with Crippen molar-refractivity contribution in [2.75, 3.05) is 44.8 Å². The second-order valence-electron chi connectivity index (χ2n) is 5.11. The van der Waals surface area contributed by atoms with Crippen molar-refractivity contribution >= 4 is 17.3 Å². The average molecular weight is 304 g/mol. The molecule has 3 rings (SSSR count). The number of thiophene rings is 1. The van der Waals surface area contributed by atoms with E-state index in [-0.39, 0.29) is 0 Å². The van der Waals surface area contributed by atoms with Crippen LogP contribution in [0.5, 0.6) is 0 Å². The van der Waals surface area contributed by atoms with Crippen LogP contribution in [-0.4, -0.2) is 54.8 Å². The lowest BCUT2D eigenvalue weighted by Crippen LogP contribution is -2.43. The lowest BCUT2D eigenvalue weighted by molar-refractivity contribution is 0.0183. The van der Waals surface area contributed by atoms with Gasteiger partial charge < -0.3 is 9.64 Å². The van der Waals surface area contributed by atoms with Gasteiger partial charge >= 0.3 is 0 Å². The number of ether oxygens (including phenoxy) is 1. The molecule has 0 N–H and O–H groups in total. The number of hydrogen-bond acceptors (Lipinski definition) is 6. The van der Waals surface area contributed by atoms with Crippen LogP contribution in [0.2, 0.25) is 0 Å². The van der Waals surface area contributed by atoms with E-state index in [0.29, 0.717) is 6.04 Å². The zero-order valence-electron chi connectivity index (χ0n) is 12.2. The third-order valence-corrected chi connectivity index (χ3v) is 4.67. The molecule has 112 valence electrons. The highest BCUT2D eigenvalue weighted by Gasteiger charge is 2.25. The van der Waals surface area contributed by atoms with Gasteiger partial charge in [0, 0.05) is 44.0 Å². The standard InChI is InChI=1S/C15H20N4OS/c1-18(15-16-5-3-6-17-15)12-13(14-4-2-11-21-14)19-7-9-20-10-8-19/h2-6,11,13H,7-10,12H2,1H3. The van der Waals surface area contributed by atoms with Gasteiger partial charge in [0.15, 0.2) is 0 Å². The number of rotatable bonds is 5. The first-order chi connectivity index (χ1) is 10.3. The van der Waals surface area contributed by atoms with Gasteiger partial charge in [-0.05, 0) is 17.5 Å². The Morgan fingerprint density at radius 3 is 2.71 bits per heavy atom. The third kappa shape index (κ3) is 3.58. The minimum Gasteiger partial charge on any atom is -0.379 e. The highest BCUT2D eigenvalue weighted by Crippen LogP contribution is 2.27. The Hall–Kier alpha value is -1.50. The summed E-state index contributed by atoms with van der Waals surface area (Å²) in [6.07, 6.45) is 3.57. The predicted octanol–water partition coefficient (Wildman–Crippen LogP) is 2.05. The lowest BCUT2D eigenvalue weighted by atomic mass is 10.2. The van der Waals surface area contributed by atoms with Crippen molar-refractivity contribution in [3.05, 3.63) is 40.8 Å². The smallest absolute Gasteiger partial charge is 0.225 e. The number of likely N-dealkylation sites (N-methyl/N-ethyl adjacent to an activating group) is 1. The molecular weight excluding hydrogens is 284 g/mol. The molecule has 2 aromatic heterocycles. The monoisotopic (exact) mass is 304 g/mol. The second-order valence-corrected chi connectivity index (χ2v) is 6.09. The van der Waals surface area contributed by atoms with Crippen LogP contribution in [0.1, 0.15) is 10.9 Å². The summed E-state index contributed by atoms with van der Waals surface area (Å²) in [5.74, 6) is 0.771. The van der Waals surface area contributed by atoms with Gasteiger partial charge in [-0.1, -0.05) is 6.07 Å². The summed E-state index contributed by atoms with van der Waals surface area (Å²) < 4.78 is 5.48. The molecule has 1 aliphatic heterocycles. The van der Waals surface area contributed by atoms with Crippen LogP contribution in [0.3, 0.4) is 0 Å². The van der Waals surface area contributed by atoms with Crippen molar-refractivity contribution in [1.82, 2.24) is 14.9 Å². The Morgan fingerprint density at radius 1 is 1.29 bits per heavy atom. The molecule has 5 nitrogen and oxygen atoms in total. The Kier molecular flexibility index (Phi) is 4.80. The zero-order chi connectivity index (χ0) is 14.5. The summed E-state index contributed by atoms with van der Waals surface area (Å²) in [6.45, 7) is 4.46. The Labute approximate surface area is 129 Å². The van der Waals surface area contributed by atoms with Crippen molar-refractivity contribution < 1.29 is 4.74 Å². The normalized spacial score (nSPS) is 17.6. The average Bonchev–Trinajstić information content (AvgIpc) is 3.08. The van der Waals surface area contributed by atoms with Crippen LogP contribution in [0.25, 0.3) is 0 Å². The van der Waals surface area contributed by atoms with Gasteiger partial charge in [0.05, 0.1) is 19.3 Å². The molecule has 1 atom stereocenters. The van der Waals surface area contributed by atoms with Crippen LogP contribution in [-0.2, 0) is 4.74 Å². The van der Waals surface area contributed by atoms with Crippen LogP contribution >= 0.6 is 11.3 Å². The quantitative estimate of drug-likeness (QED) is 0.845. The third-order valence-electron chi connectivity index (χ3n) is 3.70. The molecule has 1 fully saturated rings. The maximum absolute atomic E-state index is 5.48. The van der Waals surface area contributed by atoms with Crippen molar-refractivity contribution in [3.8, 4) is 0 Å². The van der Waals surface area contributed by atoms with Crippen molar-refractivity contribution in [1.29, 1.82) is 0 Å². The largest absolute Gasteiger partial charge is 0.379 e. The molecule has 0 spiro atoms. The van der Waals surface area contributed by atoms with Gasteiger partial charge in [0.2, 0.25) is 5.95 Å². The van der Waals surface area contributed by atoms with E-state index in [9.17, 15) is 0 Å². The molecule has 1 saturated heterocycles. The minimum absolute atomic E-state index is 0.364. The van der Waals surface area contributed by atoms with E-state index in [1.54, 1.807) is 12.4 Å². The van der Waals surface area contributed by atoms with Crippen LogP contribution < -0.4 is 4.90 Å². The van der Waals surface area contributed by atoms with E-state index < -0.39 is 0 Å². The fraction of sp³-hybridized carbons (Fsp3) is 0.467. The van der Waals surface area contributed by atoms with Crippen LogP contribution in [0, 0.1) is 0 Å². The van der Waals surface area contributed by atoms with Gasteiger partial charge in [-0.15, -0.1) is 11.3 Å².